The number of hydrogen-bond acceptors (Lipinski definition) is 34. The summed E-state index contributed by atoms with van der Waals surface area (Å²) in [7, 11) is 0. The van der Waals surface area contributed by atoms with E-state index in [9.17, 15) is 62.3 Å². The summed E-state index contributed by atoms with van der Waals surface area (Å²) in [6.07, 6.45) is -37.1. The molecule has 0 unspecified atom stereocenters. The minimum atomic E-state index is -2.20. The number of carbonyl (C=O) groups is 13. The van der Waals surface area contributed by atoms with Gasteiger partial charge in [-0.15, -0.1) is 0 Å². The summed E-state index contributed by atoms with van der Waals surface area (Å²) < 4.78 is 122. The molecule has 0 amide bonds. The number of ether oxygens (including phenoxy) is 21. The quantitative estimate of drug-likeness (QED) is 0.0575. The van der Waals surface area contributed by atoms with Gasteiger partial charge in [0.15, 0.2) is 86.2 Å². The third-order valence-electron chi connectivity index (χ3n) is 12.1. The molecule has 0 saturated carbocycles. The van der Waals surface area contributed by atoms with E-state index < -0.39 is 227 Å². The van der Waals surface area contributed by atoms with E-state index in [2.05, 4.69) is 15.9 Å². The fraction of sp³-hybridized carbons (Fsp3) is 0.750. The standard InChI is InChI=1S/C52H71BrO34/c1-20(54)68-16-33-37(72-23(4)57)41(74-25(6)59)46(79-30(11)64)50(83-33)71-19-36-38(73-24(5)58)42(75-26(7)60)47(80-31(12)65)51(85-36)87-40-35(18-70-22(3)56)84-52(48(81-32(13)66)44(40)77-28(9)62)86-39-34(17-69-21(2)55)82-49(67-15-14-53)45(78-29(10)63)43(39)76-27(8)61/h33-52H,14-19H2,1-13H3/t33-,34-,35-,36-,37-,38-,39-,40-,41+,42+,43+,44+,45-,46-,47-,48-,49+,50+,51-,52-/m1/s1. The lowest BCUT2D eigenvalue weighted by atomic mass is 9.95. The highest BCUT2D eigenvalue weighted by atomic mass is 79.9. The maximum Gasteiger partial charge on any atom is 0.303 e. The highest BCUT2D eigenvalue weighted by Gasteiger charge is 2.61. The molecule has 4 aliphatic rings. The Bertz CT molecular complexity index is 2470. The van der Waals surface area contributed by atoms with Crippen LogP contribution in [0.1, 0.15) is 90.0 Å². The number of esters is 13. The predicted molar refractivity (Wildman–Crippen MR) is 276 cm³/mol. The van der Waals surface area contributed by atoms with Gasteiger partial charge in [0.05, 0.1) is 13.2 Å². The van der Waals surface area contributed by atoms with Gasteiger partial charge in [-0.1, -0.05) is 15.9 Å². The molecular weight excluding hydrogens is 1250 g/mol. The van der Waals surface area contributed by atoms with E-state index in [4.69, 9.17) is 99.5 Å². The van der Waals surface area contributed by atoms with Gasteiger partial charge in [-0.2, -0.15) is 0 Å². The molecule has 4 heterocycles. The first kappa shape index (κ1) is 72.7. The Morgan fingerprint density at radius 2 is 0.483 bits per heavy atom. The summed E-state index contributed by atoms with van der Waals surface area (Å²) in [4.78, 5) is 166. The minimum absolute atomic E-state index is 0.0875. The molecule has 490 valence electrons. The van der Waals surface area contributed by atoms with Crippen molar-refractivity contribution in [1.82, 2.24) is 0 Å². The van der Waals surface area contributed by atoms with Crippen molar-refractivity contribution >= 4 is 93.5 Å². The lowest BCUT2D eigenvalue weighted by Crippen LogP contribution is -2.69. The molecule has 34 nitrogen and oxygen atoms in total. The molecule has 4 aliphatic heterocycles. The number of halogens is 1. The topological polar surface area (TPSA) is 416 Å². The van der Waals surface area contributed by atoms with Gasteiger partial charge in [-0.25, -0.2) is 0 Å². The summed E-state index contributed by atoms with van der Waals surface area (Å²) in [5, 5.41) is 0.212. The summed E-state index contributed by atoms with van der Waals surface area (Å²) in [6.45, 7) is 9.26. The van der Waals surface area contributed by atoms with Crippen LogP contribution >= 0.6 is 15.9 Å². The Labute approximate surface area is 505 Å². The summed E-state index contributed by atoms with van der Waals surface area (Å²) in [5.74, 6) is -13.1. The van der Waals surface area contributed by atoms with E-state index in [0.29, 0.717) is 0 Å². The van der Waals surface area contributed by atoms with Crippen molar-refractivity contribution < 1.29 is 162 Å². The molecular formula is C52H71BrO34. The van der Waals surface area contributed by atoms with E-state index in [1.54, 1.807) is 0 Å². The molecule has 0 bridgehead atoms. The van der Waals surface area contributed by atoms with Crippen LogP contribution in [0, 0.1) is 0 Å². The Morgan fingerprint density at radius 1 is 0.264 bits per heavy atom. The Kier molecular flexibility index (Phi) is 28.5. The van der Waals surface area contributed by atoms with E-state index in [0.717, 1.165) is 90.0 Å². The molecule has 4 saturated heterocycles. The van der Waals surface area contributed by atoms with Crippen LogP contribution in [0.2, 0.25) is 0 Å². The van der Waals surface area contributed by atoms with Gasteiger partial charge in [0, 0.05) is 95.3 Å². The molecule has 0 N–H and O–H groups in total. The van der Waals surface area contributed by atoms with Gasteiger partial charge < -0.3 is 99.5 Å². The van der Waals surface area contributed by atoms with Crippen molar-refractivity contribution in [3.05, 3.63) is 0 Å². The van der Waals surface area contributed by atoms with E-state index in [1.165, 1.54) is 0 Å². The maximum absolute atomic E-state index is 13.3. The maximum atomic E-state index is 13.3. The molecule has 0 aromatic heterocycles. The molecule has 0 radical (unpaired) electrons. The first-order chi connectivity index (χ1) is 40.8. The van der Waals surface area contributed by atoms with E-state index >= 15 is 0 Å². The van der Waals surface area contributed by atoms with Gasteiger partial charge in [0.25, 0.3) is 0 Å². The molecule has 0 aliphatic carbocycles. The van der Waals surface area contributed by atoms with Crippen molar-refractivity contribution in [1.29, 1.82) is 0 Å². The molecule has 87 heavy (non-hydrogen) atoms. The van der Waals surface area contributed by atoms with Crippen molar-refractivity contribution in [3.63, 3.8) is 0 Å². The van der Waals surface area contributed by atoms with Gasteiger partial charge in [-0.3, -0.25) is 62.3 Å². The smallest absolute Gasteiger partial charge is 0.303 e. The normalized spacial score (nSPS) is 32.0. The molecule has 0 aromatic rings. The largest absolute Gasteiger partial charge is 0.463 e. The fourth-order valence-electron chi connectivity index (χ4n) is 9.36. The average molecular weight is 1320 g/mol. The Morgan fingerprint density at radius 3 is 0.759 bits per heavy atom. The second kappa shape index (κ2) is 34.1. The Hall–Kier alpha value is -6.73. The fourth-order valence-corrected chi connectivity index (χ4v) is 9.55. The second-order valence-corrected chi connectivity index (χ2v) is 20.2. The van der Waals surface area contributed by atoms with Gasteiger partial charge in [0.1, 0.15) is 56.4 Å². The molecule has 20 atom stereocenters. The minimum Gasteiger partial charge on any atom is -0.463 e. The third kappa shape index (κ3) is 22.4. The Balaban J connectivity index is 1.96. The lowest BCUT2D eigenvalue weighted by Gasteiger charge is -2.50. The molecule has 35 heteroatoms. The zero-order chi connectivity index (χ0) is 65.1. The van der Waals surface area contributed by atoms with Gasteiger partial charge in [0.2, 0.25) is 0 Å². The summed E-state index contributed by atoms with van der Waals surface area (Å²) in [6, 6.07) is 0. The van der Waals surface area contributed by atoms with Crippen LogP contribution in [-0.4, -0.2) is 239 Å². The van der Waals surface area contributed by atoms with Crippen molar-refractivity contribution in [2.24, 2.45) is 0 Å². The van der Waals surface area contributed by atoms with Gasteiger partial charge >= 0.3 is 77.6 Å². The van der Waals surface area contributed by atoms with Crippen molar-refractivity contribution in [2.75, 3.05) is 38.4 Å². The zero-order valence-electron chi connectivity index (χ0n) is 49.5. The van der Waals surface area contributed by atoms with Crippen LogP contribution in [0.5, 0.6) is 0 Å². The highest BCUT2D eigenvalue weighted by molar-refractivity contribution is 9.09. The van der Waals surface area contributed by atoms with Crippen LogP contribution in [0.25, 0.3) is 0 Å². The van der Waals surface area contributed by atoms with E-state index in [-0.39, 0.29) is 11.9 Å². The van der Waals surface area contributed by atoms with Crippen LogP contribution in [0.4, 0.5) is 0 Å². The lowest BCUT2D eigenvalue weighted by molar-refractivity contribution is -0.382. The van der Waals surface area contributed by atoms with E-state index in [1.807, 2.05) is 0 Å². The summed E-state index contributed by atoms with van der Waals surface area (Å²) in [5.41, 5.74) is 0. The zero-order valence-corrected chi connectivity index (χ0v) is 51.1. The van der Waals surface area contributed by atoms with Crippen LogP contribution < -0.4 is 0 Å². The molecule has 4 rings (SSSR count). The van der Waals surface area contributed by atoms with Crippen LogP contribution in [0.15, 0.2) is 0 Å². The summed E-state index contributed by atoms with van der Waals surface area (Å²) >= 11 is 3.22. The van der Waals surface area contributed by atoms with Crippen LogP contribution in [0.3, 0.4) is 0 Å². The first-order valence-corrected chi connectivity index (χ1v) is 27.8. The number of alkyl halides is 1. The number of hydrogen-bond donors (Lipinski definition) is 0. The van der Waals surface area contributed by atoms with Crippen molar-refractivity contribution in [2.45, 2.75) is 213 Å². The highest BCUT2D eigenvalue weighted by Crippen LogP contribution is 2.39. The molecule has 4 fully saturated rings. The number of carbonyl (C=O) groups excluding carboxylic acids is 13. The third-order valence-corrected chi connectivity index (χ3v) is 12.4. The predicted octanol–water partition coefficient (Wildman–Crippen LogP) is -0.909. The SMILES string of the molecule is CC(=O)OC[C@H]1O[C@H](OC[C@H]2O[C@H](O[C@H]3[C@H](OC(C)=O)[C@@H](OC(C)=O)[C@@H](O[C@H]4[C@H](OC(C)=O)[C@@H](OC(C)=O)[C@@H](OCCBr)O[C@@H]4COC(C)=O)O[C@@H]3COC(C)=O)[C@H](OC(C)=O)[C@@H](OC(C)=O)[C@@H]2OC(C)=O)[C@H](OC(C)=O)[C@@H](OC(C)=O)[C@@H]1OC(C)=O. The molecule has 0 aromatic carbocycles. The monoisotopic (exact) mass is 1320 g/mol. The van der Waals surface area contributed by atoms with Crippen LogP contribution in [-0.2, 0) is 162 Å². The second-order valence-electron chi connectivity index (χ2n) is 19.4. The first-order valence-electron chi connectivity index (χ1n) is 26.6. The van der Waals surface area contributed by atoms with Gasteiger partial charge in [-0.05, 0) is 0 Å². The van der Waals surface area contributed by atoms with Crippen molar-refractivity contribution in [3.8, 4) is 0 Å². The molecule has 0 spiro atoms. The average Bonchev–Trinajstić information content (AvgIpc) is 0.837. The number of rotatable bonds is 26.